The van der Waals surface area contributed by atoms with E-state index in [1.165, 1.54) is 11.1 Å². The Labute approximate surface area is 108 Å². The number of aromatic nitrogens is 2. The van der Waals surface area contributed by atoms with Gasteiger partial charge in [-0.05, 0) is 31.2 Å². The van der Waals surface area contributed by atoms with E-state index in [9.17, 15) is 0 Å². The van der Waals surface area contributed by atoms with E-state index in [0.29, 0.717) is 0 Å². The topological polar surface area (TPSA) is 33.1 Å². The Morgan fingerprint density at radius 1 is 1.44 bits per heavy atom. The number of likely N-dealkylation sites (N-methyl/N-ethyl adjacent to an activating group) is 1. The zero-order valence-corrected chi connectivity index (χ0v) is 11.1. The van der Waals surface area contributed by atoms with E-state index in [2.05, 4.69) is 45.0 Å². The Hall–Kier alpha value is -1.39. The highest BCUT2D eigenvalue weighted by Crippen LogP contribution is 2.14. The zero-order chi connectivity index (χ0) is 12.5. The first kappa shape index (κ1) is 11.7. The van der Waals surface area contributed by atoms with E-state index in [-0.39, 0.29) is 0 Å². The normalized spacial score (nSPS) is 16.4. The molecule has 2 heterocycles. The van der Waals surface area contributed by atoms with Crippen LogP contribution in [0, 0.1) is 0 Å². The minimum atomic E-state index is 0.726. The van der Waals surface area contributed by atoms with E-state index in [4.69, 9.17) is 0 Å². The number of imidazole rings is 1. The van der Waals surface area contributed by atoms with Gasteiger partial charge in [-0.25, -0.2) is 4.98 Å². The smallest absolute Gasteiger partial charge is 0.0955 e. The molecular weight excluding hydrogens is 224 g/mol. The van der Waals surface area contributed by atoms with Crippen molar-refractivity contribution in [3.63, 3.8) is 0 Å². The van der Waals surface area contributed by atoms with Crippen LogP contribution in [0.2, 0.25) is 0 Å². The third-order valence-corrected chi connectivity index (χ3v) is 3.93. The minimum absolute atomic E-state index is 0.726. The maximum Gasteiger partial charge on any atom is 0.0955 e. The fourth-order valence-corrected chi connectivity index (χ4v) is 2.41. The highest BCUT2D eigenvalue weighted by atomic mass is 15.2. The Kier molecular flexibility index (Phi) is 3.06. The van der Waals surface area contributed by atoms with Crippen molar-refractivity contribution in [1.82, 2.24) is 19.8 Å². The van der Waals surface area contributed by atoms with Crippen LogP contribution in [-0.2, 0) is 13.5 Å². The molecule has 0 unspecified atom stereocenters. The van der Waals surface area contributed by atoms with Gasteiger partial charge in [-0.15, -0.1) is 0 Å². The maximum absolute atomic E-state index is 4.41. The number of benzene rings is 1. The molecular formula is C14H20N4. The number of hydrogen-bond acceptors (Lipinski definition) is 3. The summed E-state index contributed by atoms with van der Waals surface area (Å²) in [7, 11) is 4.25. The summed E-state index contributed by atoms with van der Waals surface area (Å²) in [5.74, 6) is 0. The summed E-state index contributed by atoms with van der Waals surface area (Å²) >= 11 is 0. The molecule has 2 aromatic rings. The van der Waals surface area contributed by atoms with Gasteiger partial charge in [-0.1, -0.05) is 6.07 Å². The molecule has 1 aliphatic rings. The van der Waals surface area contributed by atoms with Crippen LogP contribution in [-0.4, -0.2) is 47.2 Å². The Balaban J connectivity index is 1.66. The Bertz CT molecular complexity index is 542. The van der Waals surface area contributed by atoms with Crippen LogP contribution >= 0.6 is 0 Å². The summed E-state index contributed by atoms with van der Waals surface area (Å²) in [5.41, 5.74) is 3.68. The van der Waals surface area contributed by atoms with Crippen molar-refractivity contribution in [2.75, 3.05) is 26.7 Å². The van der Waals surface area contributed by atoms with Gasteiger partial charge in [0.1, 0.15) is 0 Å². The van der Waals surface area contributed by atoms with Crippen molar-refractivity contribution >= 4 is 11.0 Å². The molecule has 0 radical (unpaired) electrons. The van der Waals surface area contributed by atoms with Crippen LogP contribution in [0.3, 0.4) is 0 Å². The van der Waals surface area contributed by atoms with Gasteiger partial charge >= 0.3 is 0 Å². The lowest BCUT2D eigenvalue weighted by Gasteiger charge is -2.35. The molecule has 4 heteroatoms. The van der Waals surface area contributed by atoms with E-state index in [0.717, 1.165) is 37.6 Å². The van der Waals surface area contributed by atoms with Gasteiger partial charge in [0.05, 0.1) is 17.4 Å². The van der Waals surface area contributed by atoms with Crippen LogP contribution < -0.4 is 5.32 Å². The molecule has 1 aromatic heterocycles. The lowest BCUT2D eigenvalue weighted by molar-refractivity contribution is 0.182. The fraction of sp³-hybridized carbons (Fsp3) is 0.500. The standard InChI is InChI=1S/C14H20N4/c1-17(12-8-15-9-12)6-5-11-3-4-14-13(7-11)16-10-18(14)2/h3-4,7,10,12,15H,5-6,8-9H2,1-2H3. The maximum atomic E-state index is 4.41. The van der Waals surface area contributed by atoms with E-state index < -0.39 is 0 Å². The summed E-state index contributed by atoms with van der Waals surface area (Å²) in [6.45, 7) is 3.39. The van der Waals surface area contributed by atoms with Gasteiger partial charge in [0.25, 0.3) is 0 Å². The number of nitrogens with one attached hydrogen (secondary N) is 1. The molecule has 0 aliphatic carbocycles. The van der Waals surface area contributed by atoms with Gasteiger partial charge in [0.15, 0.2) is 0 Å². The Morgan fingerprint density at radius 2 is 2.28 bits per heavy atom. The largest absolute Gasteiger partial charge is 0.334 e. The van der Waals surface area contributed by atoms with Crippen molar-refractivity contribution in [1.29, 1.82) is 0 Å². The van der Waals surface area contributed by atoms with Gasteiger partial charge in [-0.3, -0.25) is 0 Å². The van der Waals surface area contributed by atoms with E-state index in [1.807, 2.05) is 13.4 Å². The SMILES string of the molecule is CN(CCc1ccc2c(c1)ncn2C)C1CNC1. The molecule has 0 spiro atoms. The van der Waals surface area contributed by atoms with Crippen molar-refractivity contribution in [3.05, 3.63) is 30.1 Å². The zero-order valence-electron chi connectivity index (χ0n) is 11.1. The first-order chi connectivity index (χ1) is 8.74. The average molecular weight is 244 g/mol. The second kappa shape index (κ2) is 4.71. The highest BCUT2D eigenvalue weighted by Gasteiger charge is 2.20. The summed E-state index contributed by atoms with van der Waals surface area (Å²) in [6.07, 6.45) is 2.97. The summed E-state index contributed by atoms with van der Waals surface area (Å²) in [6, 6.07) is 7.32. The van der Waals surface area contributed by atoms with Crippen molar-refractivity contribution in [3.8, 4) is 0 Å². The van der Waals surface area contributed by atoms with Crippen LogP contribution in [0.1, 0.15) is 5.56 Å². The second-order valence-electron chi connectivity index (χ2n) is 5.22. The van der Waals surface area contributed by atoms with Gasteiger partial charge in [0, 0.05) is 32.7 Å². The lowest BCUT2D eigenvalue weighted by Crippen LogP contribution is -2.56. The molecule has 1 N–H and O–H groups in total. The first-order valence-electron chi connectivity index (χ1n) is 6.55. The van der Waals surface area contributed by atoms with Gasteiger partial charge < -0.3 is 14.8 Å². The van der Waals surface area contributed by atoms with E-state index >= 15 is 0 Å². The molecule has 0 saturated carbocycles. The fourth-order valence-electron chi connectivity index (χ4n) is 2.41. The number of nitrogens with zero attached hydrogens (tertiary/aromatic N) is 3. The average Bonchev–Trinajstić information content (AvgIpc) is 2.66. The second-order valence-corrected chi connectivity index (χ2v) is 5.22. The summed E-state index contributed by atoms with van der Waals surface area (Å²) in [5, 5.41) is 3.31. The molecule has 1 fully saturated rings. The lowest BCUT2D eigenvalue weighted by atomic mass is 10.1. The third-order valence-electron chi connectivity index (χ3n) is 3.93. The molecule has 1 saturated heterocycles. The van der Waals surface area contributed by atoms with Gasteiger partial charge in [0.2, 0.25) is 0 Å². The van der Waals surface area contributed by atoms with Crippen LogP contribution in [0.4, 0.5) is 0 Å². The molecule has 0 amide bonds. The predicted molar refractivity (Wildman–Crippen MR) is 73.7 cm³/mol. The molecule has 96 valence electrons. The number of rotatable bonds is 4. The van der Waals surface area contributed by atoms with Crippen molar-refractivity contribution in [2.45, 2.75) is 12.5 Å². The third kappa shape index (κ3) is 2.13. The molecule has 1 aliphatic heterocycles. The molecule has 0 atom stereocenters. The molecule has 18 heavy (non-hydrogen) atoms. The number of aryl methyl sites for hydroxylation is 1. The van der Waals surface area contributed by atoms with Crippen LogP contribution in [0.25, 0.3) is 11.0 Å². The monoisotopic (exact) mass is 244 g/mol. The summed E-state index contributed by atoms with van der Waals surface area (Å²) in [4.78, 5) is 6.85. The van der Waals surface area contributed by atoms with E-state index in [1.54, 1.807) is 0 Å². The number of hydrogen-bond donors (Lipinski definition) is 1. The Morgan fingerprint density at radius 3 is 3.00 bits per heavy atom. The molecule has 1 aromatic carbocycles. The summed E-state index contributed by atoms with van der Waals surface area (Å²) < 4.78 is 2.06. The predicted octanol–water partition coefficient (Wildman–Crippen LogP) is 1.02. The molecule has 3 rings (SSSR count). The number of fused-ring (bicyclic) bond motifs is 1. The molecule has 0 bridgehead atoms. The van der Waals surface area contributed by atoms with Crippen molar-refractivity contribution in [2.24, 2.45) is 7.05 Å². The molecule has 4 nitrogen and oxygen atoms in total. The minimum Gasteiger partial charge on any atom is -0.334 e. The quantitative estimate of drug-likeness (QED) is 0.871. The van der Waals surface area contributed by atoms with Crippen LogP contribution in [0.15, 0.2) is 24.5 Å². The van der Waals surface area contributed by atoms with Crippen molar-refractivity contribution < 1.29 is 0 Å². The van der Waals surface area contributed by atoms with Gasteiger partial charge in [-0.2, -0.15) is 0 Å². The van der Waals surface area contributed by atoms with Crippen LogP contribution in [0.5, 0.6) is 0 Å². The first-order valence-corrected chi connectivity index (χ1v) is 6.55. The highest BCUT2D eigenvalue weighted by molar-refractivity contribution is 5.75.